The molecule has 1 aromatic carbocycles. The van der Waals surface area contributed by atoms with E-state index in [9.17, 15) is 13.2 Å². The summed E-state index contributed by atoms with van der Waals surface area (Å²) in [6.45, 7) is 4.02. The van der Waals surface area contributed by atoms with Crippen LogP contribution in [0, 0.1) is 0 Å². The topological polar surface area (TPSA) is 96.4 Å². The lowest BCUT2D eigenvalue weighted by atomic mass is 10.1. The van der Waals surface area contributed by atoms with Crippen LogP contribution in [-0.2, 0) is 12.7 Å². The van der Waals surface area contributed by atoms with E-state index < -0.39 is 11.9 Å². The van der Waals surface area contributed by atoms with Crippen molar-refractivity contribution >= 4 is 27.0 Å². The van der Waals surface area contributed by atoms with Crippen LogP contribution in [0.2, 0.25) is 0 Å². The monoisotopic (exact) mass is 612 g/mol. The molecule has 0 aliphatic heterocycles. The SMILES string of the molecule is COc1ncnc(C2CC2)c1-c1ncc2cnn(Cc3ccc(-c4nc(C(F)(F)F)c(Br)n4C(C)C)cc3)c2n1. The quantitative estimate of drug-likeness (QED) is 0.208. The average molecular weight is 613 g/mol. The molecule has 1 saturated carbocycles. The van der Waals surface area contributed by atoms with Crippen molar-refractivity contribution in [1.82, 2.24) is 39.3 Å². The number of rotatable bonds is 7. The first-order valence-electron chi connectivity index (χ1n) is 12.7. The first-order valence-corrected chi connectivity index (χ1v) is 13.5. The van der Waals surface area contributed by atoms with Gasteiger partial charge in [0.1, 0.15) is 22.3 Å². The number of alkyl halides is 3. The van der Waals surface area contributed by atoms with Gasteiger partial charge in [0.2, 0.25) is 5.88 Å². The summed E-state index contributed by atoms with van der Waals surface area (Å²) in [6.07, 6.45) is 2.45. The van der Waals surface area contributed by atoms with E-state index in [2.05, 4.69) is 41.0 Å². The van der Waals surface area contributed by atoms with Crippen LogP contribution in [-0.4, -0.2) is 46.4 Å². The van der Waals surface area contributed by atoms with Crippen LogP contribution in [0.15, 0.2) is 47.6 Å². The summed E-state index contributed by atoms with van der Waals surface area (Å²) < 4.78 is 49.3. The van der Waals surface area contributed by atoms with Crippen LogP contribution in [0.25, 0.3) is 33.8 Å². The number of imidazole rings is 1. The molecule has 40 heavy (non-hydrogen) atoms. The minimum atomic E-state index is -4.56. The molecule has 1 fully saturated rings. The molecule has 4 aromatic heterocycles. The van der Waals surface area contributed by atoms with Gasteiger partial charge in [-0.3, -0.25) is 0 Å². The Bertz CT molecular complexity index is 1710. The number of halogens is 4. The van der Waals surface area contributed by atoms with Crippen molar-refractivity contribution in [2.24, 2.45) is 0 Å². The third-order valence-electron chi connectivity index (χ3n) is 6.78. The van der Waals surface area contributed by atoms with Gasteiger partial charge in [-0.1, -0.05) is 24.3 Å². The number of ether oxygens (including phenoxy) is 1. The smallest absolute Gasteiger partial charge is 0.436 e. The summed E-state index contributed by atoms with van der Waals surface area (Å²) in [5.74, 6) is 1.48. The molecule has 0 bridgehead atoms. The Hall–Kier alpha value is -3.87. The fraction of sp³-hybridized carbons (Fsp3) is 0.333. The molecule has 4 heterocycles. The van der Waals surface area contributed by atoms with E-state index in [1.807, 2.05) is 26.0 Å². The number of benzene rings is 1. The molecule has 5 aromatic rings. The largest absolute Gasteiger partial charge is 0.480 e. The summed E-state index contributed by atoms with van der Waals surface area (Å²) in [7, 11) is 1.56. The van der Waals surface area contributed by atoms with Gasteiger partial charge >= 0.3 is 6.18 Å². The van der Waals surface area contributed by atoms with E-state index in [0.29, 0.717) is 40.9 Å². The van der Waals surface area contributed by atoms with Crippen LogP contribution in [0.3, 0.4) is 0 Å². The molecule has 6 rings (SSSR count). The Morgan fingerprint density at radius 2 is 1.80 bits per heavy atom. The van der Waals surface area contributed by atoms with E-state index in [1.54, 1.807) is 36.3 Å². The van der Waals surface area contributed by atoms with Crippen LogP contribution < -0.4 is 4.74 Å². The molecule has 0 N–H and O–H groups in total. The lowest BCUT2D eigenvalue weighted by Crippen LogP contribution is -2.08. The van der Waals surface area contributed by atoms with Crippen molar-refractivity contribution in [1.29, 1.82) is 0 Å². The van der Waals surface area contributed by atoms with Gasteiger partial charge in [-0.05, 0) is 48.2 Å². The van der Waals surface area contributed by atoms with Gasteiger partial charge in [0.15, 0.2) is 17.2 Å². The number of fused-ring (bicyclic) bond motifs is 1. The van der Waals surface area contributed by atoms with Crippen LogP contribution in [0.5, 0.6) is 5.88 Å². The van der Waals surface area contributed by atoms with Crippen LogP contribution in [0.4, 0.5) is 13.2 Å². The highest BCUT2D eigenvalue weighted by Crippen LogP contribution is 2.45. The van der Waals surface area contributed by atoms with Gasteiger partial charge in [0, 0.05) is 23.7 Å². The van der Waals surface area contributed by atoms with E-state index in [4.69, 9.17) is 9.72 Å². The highest BCUT2D eigenvalue weighted by atomic mass is 79.9. The number of nitrogens with zero attached hydrogens (tertiary/aromatic N) is 8. The van der Waals surface area contributed by atoms with Gasteiger partial charge in [0.25, 0.3) is 0 Å². The van der Waals surface area contributed by atoms with E-state index in [-0.39, 0.29) is 16.5 Å². The zero-order valence-electron chi connectivity index (χ0n) is 21.8. The second-order valence-corrected chi connectivity index (χ2v) is 10.7. The highest BCUT2D eigenvalue weighted by Gasteiger charge is 2.39. The Morgan fingerprint density at radius 3 is 2.45 bits per heavy atom. The minimum Gasteiger partial charge on any atom is -0.480 e. The number of methoxy groups -OCH3 is 1. The number of hydrogen-bond donors (Lipinski definition) is 0. The van der Waals surface area contributed by atoms with E-state index in [0.717, 1.165) is 29.5 Å². The Kier molecular flexibility index (Phi) is 6.56. The van der Waals surface area contributed by atoms with Crippen LogP contribution >= 0.6 is 15.9 Å². The van der Waals surface area contributed by atoms with Crippen molar-refractivity contribution in [3.63, 3.8) is 0 Å². The van der Waals surface area contributed by atoms with Gasteiger partial charge in [-0.2, -0.15) is 18.3 Å². The van der Waals surface area contributed by atoms with Gasteiger partial charge in [-0.25, -0.2) is 29.6 Å². The third-order valence-corrected chi connectivity index (χ3v) is 7.54. The number of hydrogen-bond acceptors (Lipinski definition) is 7. The first-order chi connectivity index (χ1) is 19.2. The molecule has 0 saturated heterocycles. The highest BCUT2D eigenvalue weighted by molar-refractivity contribution is 9.10. The van der Waals surface area contributed by atoms with E-state index >= 15 is 0 Å². The Labute approximate surface area is 235 Å². The van der Waals surface area contributed by atoms with Crippen molar-refractivity contribution in [2.45, 2.75) is 51.4 Å². The molecule has 0 spiro atoms. The molecule has 0 atom stereocenters. The molecule has 206 valence electrons. The zero-order valence-corrected chi connectivity index (χ0v) is 23.4. The van der Waals surface area contributed by atoms with Crippen molar-refractivity contribution < 1.29 is 17.9 Å². The first kappa shape index (κ1) is 26.4. The van der Waals surface area contributed by atoms with Crippen LogP contribution in [0.1, 0.15) is 55.6 Å². The van der Waals surface area contributed by atoms with Crippen molar-refractivity contribution in [3.8, 4) is 28.7 Å². The Balaban J connectivity index is 1.33. The molecule has 0 amide bonds. The average Bonchev–Trinajstić information content (AvgIpc) is 3.61. The van der Waals surface area contributed by atoms with Gasteiger partial charge < -0.3 is 9.30 Å². The van der Waals surface area contributed by atoms with Crippen molar-refractivity contribution in [2.75, 3.05) is 7.11 Å². The molecule has 0 unspecified atom stereocenters. The molecular formula is C27H24BrF3N8O. The summed E-state index contributed by atoms with van der Waals surface area (Å²) in [4.78, 5) is 22.1. The normalized spacial score (nSPS) is 13.9. The fourth-order valence-electron chi connectivity index (χ4n) is 4.72. The lowest BCUT2D eigenvalue weighted by Gasteiger charge is -2.14. The fourth-order valence-corrected chi connectivity index (χ4v) is 5.61. The van der Waals surface area contributed by atoms with Crippen molar-refractivity contribution in [3.05, 3.63) is 64.5 Å². The maximum Gasteiger partial charge on any atom is 0.436 e. The predicted molar refractivity (Wildman–Crippen MR) is 145 cm³/mol. The van der Waals surface area contributed by atoms with Gasteiger partial charge in [-0.15, -0.1) is 0 Å². The maximum atomic E-state index is 13.5. The third kappa shape index (κ3) is 4.72. The summed E-state index contributed by atoms with van der Waals surface area (Å²) in [5.41, 5.74) is 2.74. The zero-order chi connectivity index (χ0) is 28.2. The molecule has 13 heteroatoms. The second kappa shape index (κ2) is 9.95. The van der Waals surface area contributed by atoms with E-state index in [1.165, 1.54) is 10.9 Å². The number of aromatic nitrogens is 8. The summed E-state index contributed by atoms with van der Waals surface area (Å²) in [5, 5.41) is 5.27. The molecule has 9 nitrogen and oxygen atoms in total. The molecule has 1 aliphatic carbocycles. The molecule has 1 aliphatic rings. The maximum absolute atomic E-state index is 13.5. The molecule has 0 radical (unpaired) electrons. The summed E-state index contributed by atoms with van der Waals surface area (Å²) >= 11 is 3.10. The second-order valence-electron chi connectivity index (χ2n) is 9.93. The predicted octanol–water partition coefficient (Wildman–Crippen LogP) is 6.44. The minimum absolute atomic E-state index is 0.0853. The van der Waals surface area contributed by atoms with Gasteiger partial charge in [0.05, 0.1) is 30.9 Å². The molecular weight excluding hydrogens is 589 g/mol. The lowest BCUT2D eigenvalue weighted by molar-refractivity contribution is -0.141. The summed E-state index contributed by atoms with van der Waals surface area (Å²) in [6, 6.07) is 7.01. The Morgan fingerprint density at radius 1 is 1.05 bits per heavy atom. The standard InChI is InChI=1S/C27H24BrF3N8O/c1-14(2)39-22(28)21(27(29,30)31)36-25(39)17-6-4-15(5-7-17)12-38-24-18(11-35-38)10-32-23(37-24)19-20(16-8-9-16)33-13-34-26(19)40-3/h4-7,10-11,13-14,16H,8-9,12H2,1-3H3.